The number of fused-ring (bicyclic) bond motifs is 3. The van der Waals surface area contributed by atoms with Gasteiger partial charge in [-0.15, -0.1) is 0 Å². The molecule has 1 aromatic heterocycles. The van der Waals surface area contributed by atoms with Crippen molar-refractivity contribution in [2.75, 3.05) is 0 Å². The fourth-order valence-corrected chi connectivity index (χ4v) is 2.44. The molecule has 0 aliphatic carbocycles. The zero-order valence-electron chi connectivity index (χ0n) is 10.1. The summed E-state index contributed by atoms with van der Waals surface area (Å²) in [6, 6.07) is 16.1. The second kappa shape index (κ2) is 4.12. The highest BCUT2D eigenvalue weighted by molar-refractivity contribution is 6.09. The van der Waals surface area contributed by atoms with Crippen molar-refractivity contribution in [1.29, 1.82) is 5.26 Å². The second-order valence-electron chi connectivity index (χ2n) is 4.27. The number of pyridine rings is 1. The molecule has 1 heterocycles. The van der Waals surface area contributed by atoms with Crippen LogP contribution in [0.3, 0.4) is 0 Å². The van der Waals surface area contributed by atoms with Gasteiger partial charge in [0.1, 0.15) is 0 Å². The molecule has 3 aromatic rings. The molecule has 0 bridgehead atoms. The summed E-state index contributed by atoms with van der Waals surface area (Å²) >= 11 is 0. The minimum absolute atomic E-state index is 0.693. The topological polar surface area (TPSA) is 36.7 Å². The summed E-state index contributed by atoms with van der Waals surface area (Å²) in [4.78, 5) is 4.68. The molecule has 0 unspecified atom stereocenters. The molecular weight excluding hydrogens is 220 g/mol. The molecule has 2 aromatic carbocycles. The lowest BCUT2D eigenvalue weighted by Gasteiger charge is -2.09. The van der Waals surface area contributed by atoms with E-state index in [1.54, 1.807) is 0 Å². The number of nitrogens with zero attached hydrogens (tertiary/aromatic N) is 2. The number of aryl methyl sites for hydroxylation is 1. The predicted octanol–water partition coefficient (Wildman–Crippen LogP) is 3.82. The minimum atomic E-state index is 0.693. The molecular formula is C16H12N2. The third kappa shape index (κ3) is 1.45. The first-order valence-electron chi connectivity index (χ1n) is 6.05. The molecule has 3 rings (SSSR count). The normalized spacial score (nSPS) is 10.7. The summed E-state index contributed by atoms with van der Waals surface area (Å²) in [5.74, 6) is 0. The molecule has 2 heteroatoms. The van der Waals surface area contributed by atoms with Crippen molar-refractivity contribution >= 4 is 21.7 Å². The van der Waals surface area contributed by atoms with Crippen molar-refractivity contribution in [2.24, 2.45) is 0 Å². The van der Waals surface area contributed by atoms with Crippen molar-refractivity contribution < 1.29 is 0 Å². The highest BCUT2D eigenvalue weighted by atomic mass is 14.7. The van der Waals surface area contributed by atoms with E-state index >= 15 is 0 Å². The fourth-order valence-electron chi connectivity index (χ4n) is 2.44. The third-order valence-electron chi connectivity index (χ3n) is 3.26. The predicted molar refractivity (Wildman–Crippen MR) is 73.3 cm³/mol. The Bertz CT molecular complexity index is 782. The van der Waals surface area contributed by atoms with Crippen LogP contribution in [0.15, 0.2) is 42.5 Å². The lowest BCUT2D eigenvalue weighted by Crippen LogP contribution is -1.93. The van der Waals surface area contributed by atoms with E-state index in [-0.39, 0.29) is 0 Å². The van der Waals surface area contributed by atoms with Gasteiger partial charge in [-0.25, -0.2) is 0 Å². The highest BCUT2D eigenvalue weighted by Crippen LogP contribution is 2.28. The van der Waals surface area contributed by atoms with Gasteiger partial charge in [-0.1, -0.05) is 37.3 Å². The molecule has 0 radical (unpaired) electrons. The van der Waals surface area contributed by atoms with Gasteiger partial charge >= 0.3 is 0 Å². The van der Waals surface area contributed by atoms with Crippen LogP contribution in [-0.4, -0.2) is 4.98 Å². The Morgan fingerprint density at radius 3 is 2.56 bits per heavy atom. The smallest absolute Gasteiger partial charge is 0.0998 e. The molecule has 2 nitrogen and oxygen atoms in total. The molecule has 18 heavy (non-hydrogen) atoms. The van der Waals surface area contributed by atoms with Gasteiger partial charge in [0.05, 0.1) is 17.1 Å². The number of hydrogen-bond donors (Lipinski definition) is 0. The summed E-state index contributed by atoms with van der Waals surface area (Å²) in [5.41, 5.74) is 2.69. The Labute approximate surface area is 106 Å². The second-order valence-corrected chi connectivity index (χ2v) is 4.27. The maximum Gasteiger partial charge on any atom is 0.0998 e. The maximum atomic E-state index is 9.24. The number of hydrogen-bond acceptors (Lipinski definition) is 2. The number of nitriles is 1. The quantitative estimate of drug-likeness (QED) is 0.598. The average Bonchev–Trinajstić information content (AvgIpc) is 2.45. The molecule has 0 aliphatic rings. The van der Waals surface area contributed by atoms with Crippen LogP contribution in [0.1, 0.15) is 18.2 Å². The van der Waals surface area contributed by atoms with Gasteiger partial charge in [0.25, 0.3) is 0 Å². The number of rotatable bonds is 1. The van der Waals surface area contributed by atoms with Crippen molar-refractivity contribution in [1.82, 2.24) is 4.98 Å². The van der Waals surface area contributed by atoms with Crippen molar-refractivity contribution in [3.8, 4) is 6.07 Å². The van der Waals surface area contributed by atoms with Crippen LogP contribution >= 0.6 is 0 Å². The van der Waals surface area contributed by atoms with Gasteiger partial charge in [-0.2, -0.15) is 5.26 Å². The largest absolute Gasteiger partial charge is 0.252 e. The van der Waals surface area contributed by atoms with Crippen LogP contribution < -0.4 is 0 Å². The zero-order valence-corrected chi connectivity index (χ0v) is 10.1. The van der Waals surface area contributed by atoms with Crippen LogP contribution in [0, 0.1) is 11.3 Å². The third-order valence-corrected chi connectivity index (χ3v) is 3.26. The molecule has 0 N–H and O–H groups in total. The molecule has 86 valence electrons. The minimum Gasteiger partial charge on any atom is -0.252 e. The lowest BCUT2D eigenvalue weighted by atomic mass is 9.99. The first kappa shape index (κ1) is 10.7. The molecule has 0 saturated heterocycles. The monoisotopic (exact) mass is 232 g/mol. The van der Waals surface area contributed by atoms with Crippen LogP contribution in [0.25, 0.3) is 21.7 Å². The Kier molecular flexibility index (Phi) is 2.46. The summed E-state index contributed by atoms with van der Waals surface area (Å²) in [5, 5.41) is 12.5. The van der Waals surface area contributed by atoms with Gasteiger partial charge in [-0.05, 0) is 23.9 Å². The van der Waals surface area contributed by atoms with E-state index in [0.29, 0.717) is 5.56 Å². The van der Waals surface area contributed by atoms with Crippen molar-refractivity contribution in [2.45, 2.75) is 13.3 Å². The molecule has 0 aliphatic heterocycles. The van der Waals surface area contributed by atoms with E-state index in [9.17, 15) is 5.26 Å². The van der Waals surface area contributed by atoms with Gasteiger partial charge in [-0.3, -0.25) is 4.98 Å². The van der Waals surface area contributed by atoms with E-state index in [0.717, 1.165) is 33.8 Å². The molecule has 0 saturated carbocycles. The number of benzene rings is 2. The van der Waals surface area contributed by atoms with E-state index in [1.165, 1.54) is 0 Å². The van der Waals surface area contributed by atoms with E-state index < -0.39 is 0 Å². The first-order chi connectivity index (χ1) is 8.85. The summed E-state index contributed by atoms with van der Waals surface area (Å²) in [7, 11) is 0. The van der Waals surface area contributed by atoms with Gasteiger partial charge in [0.15, 0.2) is 0 Å². The van der Waals surface area contributed by atoms with E-state index in [4.69, 9.17) is 0 Å². The van der Waals surface area contributed by atoms with Gasteiger partial charge in [0, 0.05) is 16.5 Å². The average molecular weight is 232 g/mol. The van der Waals surface area contributed by atoms with Crippen molar-refractivity contribution in [3.63, 3.8) is 0 Å². The van der Waals surface area contributed by atoms with Crippen LogP contribution in [0.4, 0.5) is 0 Å². The SMILES string of the molecule is CCc1nc2cccc(C#N)c2c2ccccc12. The van der Waals surface area contributed by atoms with Crippen LogP contribution in [0.2, 0.25) is 0 Å². The first-order valence-corrected chi connectivity index (χ1v) is 6.05. The summed E-state index contributed by atoms with van der Waals surface area (Å²) < 4.78 is 0. The standard InChI is InChI=1S/C16H12N2/c1-2-14-12-7-3-4-8-13(12)16-11(10-17)6-5-9-15(16)18-14/h3-9H,2H2,1H3. The molecule has 0 spiro atoms. The Balaban J connectivity index is 2.61. The molecule has 0 amide bonds. The Morgan fingerprint density at radius 1 is 1.06 bits per heavy atom. The fraction of sp³-hybridized carbons (Fsp3) is 0.125. The highest BCUT2D eigenvalue weighted by Gasteiger charge is 2.09. The lowest BCUT2D eigenvalue weighted by molar-refractivity contribution is 1.08. The van der Waals surface area contributed by atoms with E-state index in [1.807, 2.05) is 30.3 Å². The summed E-state index contributed by atoms with van der Waals surface area (Å²) in [6.45, 7) is 2.11. The van der Waals surface area contributed by atoms with E-state index in [2.05, 4.69) is 30.1 Å². The Morgan fingerprint density at radius 2 is 1.83 bits per heavy atom. The van der Waals surface area contributed by atoms with Crippen molar-refractivity contribution in [3.05, 3.63) is 53.7 Å². The van der Waals surface area contributed by atoms with Crippen LogP contribution in [-0.2, 0) is 6.42 Å². The summed E-state index contributed by atoms with van der Waals surface area (Å²) in [6.07, 6.45) is 0.896. The zero-order chi connectivity index (χ0) is 12.5. The van der Waals surface area contributed by atoms with Gasteiger partial charge in [0.2, 0.25) is 0 Å². The Hall–Kier alpha value is -2.40. The maximum absolute atomic E-state index is 9.24. The molecule has 0 fully saturated rings. The number of aromatic nitrogens is 1. The van der Waals surface area contributed by atoms with Crippen LogP contribution in [0.5, 0.6) is 0 Å². The van der Waals surface area contributed by atoms with Gasteiger partial charge < -0.3 is 0 Å². The molecule has 0 atom stereocenters.